The molecule has 25 heavy (non-hydrogen) atoms. The number of benzene rings is 4. The van der Waals surface area contributed by atoms with Crippen LogP contribution in [0.2, 0.25) is 0 Å². The van der Waals surface area contributed by atoms with Crippen LogP contribution >= 0.6 is 15.9 Å². The summed E-state index contributed by atoms with van der Waals surface area (Å²) in [5.74, 6) is 0. The summed E-state index contributed by atoms with van der Waals surface area (Å²) < 4.78 is 1.09. The van der Waals surface area contributed by atoms with Crippen molar-refractivity contribution in [2.24, 2.45) is 0 Å². The van der Waals surface area contributed by atoms with Crippen LogP contribution in [-0.4, -0.2) is 0 Å². The van der Waals surface area contributed by atoms with Crippen LogP contribution < -0.4 is 0 Å². The lowest BCUT2D eigenvalue weighted by Crippen LogP contribution is -1.88. The molecule has 0 saturated heterocycles. The van der Waals surface area contributed by atoms with Crippen molar-refractivity contribution in [1.29, 1.82) is 0 Å². The molecule has 0 spiro atoms. The first-order valence-corrected chi connectivity index (χ1v) is 9.11. The van der Waals surface area contributed by atoms with Gasteiger partial charge >= 0.3 is 0 Å². The number of hydrogen-bond donors (Lipinski definition) is 0. The summed E-state index contributed by atoms with van der Waals surface area (Å²) in [6, 6.07) is 34.1. The smallest absolute Gasteiger partial charge is 0.0175 e. The van der Waals surface area contributed by atoms with Gasteiger partial charge in [-0.2, -0.15) is 0 Å². The van der Waals surface area contributed by atoms with Gasteiger partial charge in [0.25, 0.3) is 0 Å². The highest BCUT2D eigenvalue weighted by Gasteiger charge is 2.06. The number of halogens is 1. The van der Waals surface area contributed by atoms with Crippen molar-refractivity contribution >= 4 is 38.4 Å². The first kappa shape index (κ1) is 15.9. The van der Waals surface area contributed by atoms with Crippen molar-refractivity contribution < 1.29 is 0 Å². The molecule has 120 valence electrons. The van der Waals surface area contributed by atoms with E-state index >= 15 is 0 Å². The van der Waals surface area contributed by atoms with Crippen LogP contribution in [0.15, 0.2) is 102 Å². The van der Waals surface area contributed by atoms with Crippen molar-refractivity contribution in [1.82, 2.24) is 0 Å². The van der Waals surface area contributed by atoms with Crippen LogP contribution in [0.4, 0.5) is 0 Å². The SMILES string of the molecule is Brc1ccc(/C(=C\c2ccc3ccccc3c2)c2ccccc2)cc1. The number of hydrogen-bond acceptors (Lipinski definition) is 0. The maximum absolute atomic E-state index is 3.53. The molecule has 4 aromatic carbocycles. The van der Waals surface area contributed by atoms with Gasteiger partial charge in [0.1, 0.15) is 0 Å². The molecule has 0 unspecified atom stereocenters. The van der Waals surface area contributed by atoms with Gasteiger partial charge in [-0.25, -0.2) is 0 Å². The van der Waals surface area contributed by atoms with Crippen LogP contribution in [-0.2, 0) is 0 Å². The zero-order valence-corrected chi connectivity index (χ0v) is 15.3. The standard InChI is InChI=1S/C24H17Br/c25-23-14-12-21(13-15-23)24(20-7-2-1-3-8-20)17-18-10-11-19-6-4-5-9-22(19)16-18/h1-17H/b24-17-. The van der Waals surface area contributed by atoms with Crippen LogP contribution in [0, 0.1) is 0 Å². The maximum Gasteiger partial charge on any atom is 0.0175 e. The molecule has 0 aromatic heterocycles. The van der Waals surface area contributed by atoms with Gasteiger partial charge in [0.2, 0.25) is 0 Å². The third kappa shape index (κ3) is 3.57. The Morgan fingerprint density at radius 2 is 1.24 bits per heavy atom. The molecule has 4 aromatic rings. The molecule has 0 heterocycles. The summed E-state index contributed by atoms with van der Waals surface area (Å²) in [5, 5.41) is 2.53. The van der Waals surface area contributed by atoms with E-state index in [0.29, 0.717) is 0 Å². The Hall–Kier alpha value is -2.64. The molecule has 0 aliphatic heterocycles. The molecule has 0 nitrogen and oxygen atoms in total. The quantitative estimate of drug-likeness (QED) is 0.327. The summed E-state index contributed by atoms with van der Waals surface area (Å²) >= 11 is 3.53. The fraction of sp³-hybridized carbons (Fsp3) is 0. The average molecular weight is 385 g/mol. The molecule has 1 heteroatoms. The van der Waals surface area contributed by atoms with Crippen LogP contribution in [0.3, 0.4) is 0 Å². The summed E-state index contributed by atoms with van der Waals surface area (Å²) in [6.45, 7) is 0. The molecular weight excluding hydrogens is 368 g/mol. The largest absolute Gasteiger partial charge is 0.0622 e. The highest BCUT2D eigenvalue weighted by atomic mass is 79.9. The third-order valence-corrected chi connectivity index (χ3v) is 4.85. The molecule has 0 aliphatic rings. The van der Waals surface area contributed by atoms with E-state index in [4.69, 9.17) is 0 Å². The Bertz CT molecular complexity index is 1030. The van der Waals surface area contributed by atoms with E-state index in [1.54, 1.807) is 0 Å². The topological polar surface area (TPSA) is 0 Å². The molecule has 0 N–H and O–H groups in total. The predicted octanol–water partition coefficient (Wildman–Crippen LogP) is 7.19. The van der Waals surface area contributed by atoms with E-state index in [1.165, 1.54) is 33.0 Å². The van der Waals surface area contributed by atoms with Crippen LogP contribution in [0.5, 0.6) is 0 Å². The molecule has 0 amide bonds. The molecule has 0 bridgehead atoms. The van der Waals surface area contributed by atoms with Crippen molar-refractivity contribution in [3.8, 4) is 0 Å². The Morgan fingerprint density at radius 1 is 0.600 bits per heavy atom. The predicted molar refractivity (Wildman–Crippen MR) is 112 cm³/mol. The summed E-state index contributed by atoms with van der Waals surface area (Å²) in [5.41, 5.74) is 4.87. The van der Waals surface area contributed by atoms with Crippen molar-refractivity contribution in [2.75, 3.05) is 0 Å². The van der Waals surface area contributed by atoms with E-state index < -0.39 is 0 Å². The van der Waals surface area contributed by atoms with E-state index in [9.17, 15) is 0 Å². The second kappa shape index (κ2) is 7.08. The molecule has 0 saturated carbocycles. The second-order valence-electron chi connectivity index (χ2n) is 6.04. The molecule has 0 radical (unpaired) electrons. The van der Waals surface area contributed by atoms with Gasteiger partial charge in [0, 0.05) is 4.47 Å². The Labute approximate surface area is 156 Å². The minimum Gasteiger partial charge on any atom is -0.0622 e. The van der Waals surface area contributed by atoms with Gasteiger partial charge in [0.05, 0.1) is 0 Å². The molecule has 4 rings (SSSR count). The lowest BCUT2D eigenvalue weighted by molar-refractivity contribution is 1.54. The van der Waals surface area contributed by atoms with Gasteiger partial charge in [-0.05, 0) is 57.3 Å². The lowest BCUT2D eigenvalue weighted by atomic mass is 9.95. The van der Waals surface area contributed by atoms with E-state index in [1.807, 2.05) is 0 Å². The number of rotatable bonds is 3. The Balaban J connectivity index is 1.86. The van der Waals surface area contributed by atoms with E-state index in [2.05, 4.69) is 119 Å². The van der Waals surface area contributed by atoms with Crippen molar-refractivity contribution in [3.05, 3.63) is 118 Å². The van der Waals surface area contributed by atoms with E-state index in [0.717, 1.165) is 4.47 Å². The fourth-order valence-corrected chi connectivity index (χ4v) is 3.31. The second-order valence-corrected chi connectivity index (χ2v) is 6.95. The van der Waals surface area contributed by atoms with Crippen LogP contribution in [0.1, 0.15) is 16.7 Å². The van der Waals surface area contributed by atoms with Gasteiger partial charge in [-0.15, -0.1) is 0 Å². The molecular formula is C24H17Br. The maximum atomic E-state index is 3.53. The molecule has 0 fully saturated rings. The van der Waals surface area contributed by atoms with E-state index in [-0.39, 0.29) is 0 Å². The van der Waals surface area contributed by atoms with Gasteiger partial charge in [-0.1, -0.05) is 94.8 Å². The Kier molecular flexibility index (Phi) is 4.49. The average Bonchev–Trinajstić information content (AvgIpc) is 2.67. The van der Waals surface area contributed by atoms with Gasteiger partial charge in [-0.3, -0.25) is 0 Å². The zero-order chi connectivity index (χ0) is 17.1. The van der Waals surface area contributed by atoms with Gasteiger partial charge in [0.15, 0.2) is 0 Å². The highest BCUT2D eigenvalue weighted by molar-refractivity contribution is 9.10. The zero-order valence-electron chi connectivity index (χ0n) is 13.7. The first-order chi connectivity index (χ1) is 12.3. The van der Waals surface area contributed by atoms with Crippen molar-refractivity contribution in [3.63, 3.8) is 0 Å². The normalized spacial score (nSPS) is 11.6. The summed E-state index contributed by atoms with van der Waals surface area (Å²) in [6.07, 6.45) is 2.27. The fourth-order valence-electron chi connectivity index (χ4n) is 3.04. The van der Waals surface area contributed by atoms with Crippen LogP contribution in [0.25, 0.3) is 22.4 Å². The van der Waals surface area contributed by atoms with Gasteiger partial charge < -0.3 is 0 Å². The highest BCUT2D eigenvalue weighted by Crippen LogP contribution is 2.28. The number of fused-ring (bicyclic) bond motifs is 1. The monoisotopic (exact) mass is 384 g/mol. The first-order valence-electron chi connectivity index (χ1n) is 8.31. The molecule has 0 aliphatic carbocycles. The lowest BCUT2D eigenvalue weighted by Gasteiger charge is -2.10. The minimum atomic E-state index is 1.09. The summed E-state index contributed by atoms with van der Waals surface area (Å²) in [7, 11) is 0. The minimum absolute atomic E-state index is 1.09. The third-order valence-electron chi connectivity index (χ3n) is 4.32. The summed E-state index contributed by atoms with van der Waals surface area (Å²) in [4.78, 5) is 0. The van der Waals surface area contributed by atoms with Crippen molar-refractivity contribution in [2.45, 2.75) is 0 Å². The Morgan fingerprint density at radius 3 is 2.00 bits per heavy atom. The molecule has 0 atom stereocenters.